The third-order valence-electron chi connectivity index (χ3n) is 2.37. The number of benzene rings is 1. The molecule has 0 aromatic heterocycles. The second-order valence-corrected chi connectivity index (χ2v) is 6.53. The third-order valence-corrected chi connectivity index (χ3v) is 4.29. The molecule has 1 atom stereocenters. The Hall–Kier alpha value is -0.690. The maximum Gasteiger partial charge on any atom is 0.240 e. The van der Waals surface area contributed by atoms with Gasteiger partial charge in [0.1, 0.15) is 0 Å². The lowest BCUT2D eigenvalue weighted by atomic mass is 10.2. The summed E-state index contributed by atoms with van der Waals surface area (Å²) >= 11 is 10.6. The van der Waals surface area contributed by atoms with Crippen molar-refractivity contribution in [2.24, 2.45) is 5.73 Å². The highest BCUT2D eigenvalue weighted by atomic mass is 35.5. The summed E-state index contributed by atoms with van der Waals surface area (Å²) < 4.78 is 26.7. The SMILES string of the molecule is CCC(CC(N)=S)NS(=O)(=O)c1cccc(Cl)c1. The Kier molecular flexibility index (Phi) is 5.52. The van der Waals surface area contributed by atoms with Crippen LogP contribution in [0.2, 0.25) is 5.02 Å². The minimum absolute atomic E-state index is 0.136. The largest absolute Gasteiger partial charge is 0.393 e. The van der Waals surface area contributed by atoms with Crippen molar-refractivity contribution >= 4 is 38.8 Å². The molecule has 1 rings (SSSR count). The van der Waals surface area contributed by atoms with Gasteiger partial charge in [-0.3, -0.25) is 0 Å². The topological polar surface area (TPSA) is 72.2 Å². The number of nitrogens with one attached hydrogen (secondary N) is 1. The van der Waals surface area contributed by atoms with Crippen molar-refractivity contribution in [3.05, 3.63) is 29.3 Å². The van der Waals surface area contributed by atoms with Gasteiger partial charge in [0.05, 0.1) is 9.88 Å². The maximum atomic E-state index is 12.1. The van der Waals surface area contributed by atoms with Gasteiger partial charge in [-0.05, 0) is 24.6 Å². The Morgan fingerprint density at radius 2 is 2.22 bits per heavy atom. The van der Waals surface area contributed by atoms with Crippen LogP contribution in [0.4, 0.5) is 0 Å². The fraction of sp³-hybridized carbons (Fsp3) is 0.364. The average Bonchev–Trinajstić information content (AvgIpc) is 2.27. The number of thiocarbonyl (C=S) groups is 1. The van der Waals surface area contributed by atoms with E-state index in [-0.39, 0.29) is 15.9 Å². The van der Waals surface area contributed by atoms with E-state index in [0.29, 0.717) is 17.9 Å². The first kappa shape index (κ1) is 15.4. The summed E-state index contributed by atoms with van der Waals surface area (Å²) in [5.41, 5.74) is 5.43. The number of rotatable bonds is 6. The Morgan fingerprint density at radius 3 is 2.72 bits per heavy atom. The van der Waals surface area contributed by atoms with Gasteiger partial charge in [-0.25, -0.2) is 13.1 Å². The molecule has 4 nitrogen and oxygen atoms in total. The fourth-order valence-electron chi connectivity index (χ4n) is 1.43. The predicted molar refractivity (Wildman–Crippen MR) is 77.3 cm³/mol. The van der Waals surface area contributed by atoms with E-state index in [2.05, 4.69) is 4.72 Å². The van der Waals surface area contributed by atoms with E-state index in [4.69, 9.17) is 29.6 Å². The second kappa shape index (κ2) is 6.47. The van der Waals surface area contributed by atoms with E-state index in [1.165, 1.54) is 12.1 Å². The first-order chi connectivity index (χ1) is 8.35. The molecule has 0 aliphatic heterocycles. The molecule has 0 heterocycles. The fourth-order valence-corrected chi connectivity index (χ4v) is 3.25. The van der Waals surface area contributed by atoms with Gasteiger partial charge in [0.15, 0.2) is 0 Å². The van der Waals surface area contributed by atoms with Crippen LogP contribution in [0.3, 0.4) is 0 Å². The lowest BCUT2D eigenvalue weighted by Gasteiger charge is -2.16. The average molecular weight is 307 g/mol. The minimum atomic E-state index is -3.59. The van der Waals surface area contributed by atoms with Gasteiger partial charge in [-0.15, -0.1) is 0 Å². The van der Waals surface area contributed by atoms with Crippen molar-refractivity contribution in [2.45, 2.75) is 30.7 Å². The van der Waals surface area contributed by atoms with Gasteiger partial charge in [0, 0.05) is 17.5 Å². The molecule has 7 heteroatoms. The highest BCUT2D eigenvalue weighted by molar-refractivity contribution is 7.89. The van der Waals surface area contributed by atoms with Gasteiger partial charge in [-0.2, -0.15) is 0 Å². The zero-order valence-electron chi connectivity index (χ0n) is 9.89. The highest BCUT2D eigenvalue weighted by Crippen LogP contribution is 2.16. The molecule has 0 fully saturated rings. The van der Waals surface area contributed by atoms with Crippen LogP contribution in [-0.4, -0.2) is 19.4 Å². The van der Waals surface area contributed by atoms with E-state index in [1.54, 1.807) is 12.1 Å². The van der Waals surface area contributed by atoms with Gasteiger partial charge in [0.25, 0.3) is 0 Å². The maximum absolute atomic E-state index is 12.1. The Bertz CT molecular complexity index is 532. The molecule has 100 valence electrons. The minimum Gasteiger partial charge on any atom is -0.393 e. The summed E-state index contributed by atoms with van der Waals surface area (Å²) in [5, 5.41) is 0.375. The summed E-state index contributed by atoms with van der Waals surface area (Å²) in [5.74, 6) is 0. The van der Waals surface area contributed by atoms with Crippen LogP contribution in [0.5, 0.6) is 0 Å². The number of sulfonamides is 1. The van der Waals surface area contributed by atoms with Crippen LogP contribution in [0.1, 0.15) is 19.8 Å². The van der Waals surface area contributed by atoms with Crippen molar-refractivity contribution in [3.63, 3.8) is 0 Å². The molecular formula is C11H15ClN2O2S2. The molecule has 0 aliphatic rings. The van der Waals surface area contributed by atoms with Crippen LogP contribution >= 0.6 is 23.8 Å². The van der Waals surface area contributed by atoms with Crippen LogP contribution in [0.25, 0.3) is 0 Å². The summed E-state index contributed by atoms with van der Waals surface area (Å²) in [7, 11) is -3.59. The second-order valence-electron chi connectivity index (χ2n) is 3.85. The molecular weight excluding hydrogens is 292 g/mol. The van der Waals surface area contributed by atoms with Gasteiger partial charge in [-0.1, -0.05) is 36.8 Å². The normalized spacial score (nSPS) is 13.2. The van der Waals surface area contributed by atoms with Gasteiger partial charge < -0.3 is 5.73 Å². The molecule has 0 saturated carbocycles. The molecule has 0 radical (unpaired) electrons. The molecule has 0 amide bonds. The van der Waals surface area contributed by atoms with Crippen molar-refractivity contribution in [1.82, 2.24) is 4.72 Å². The number of halogens is 1. The molecule has 1 unspecified atom stereocenters. The molecule has 1 aromatic carbocycles. The Morgan fingerprint density at radius 1 is 1.56 bits per heavy atom. The van der Waals surface area contributed by atoms with Crippen molar-refractivity contribution in [2.75, 3.05) is 0 Å². The van der Waals surface area contributed by atoms with E-state index < -0.39 is 10.0 Å². The van der Waals surface area contributed by atoms with Crippen molar-refractivity contribution in [3.8, 4) is 0 Å². The molecule has 0 spiro atoms. The van der Waals surface area contributed by atoms with Crippen LogP contribution in [0, 0.1) is 0 Å². The molecule has 0 bridgehead atoms. The molecule has 0 saturated heterocycles. The molecule has 0 aliphatic carbocycles. The first-order valence-corrected chi connectivity index (χ1v) is 7.68. The summed E-state index contributed by atoms with van der Waals surface area (Å²) in [4.78, 5) is 0.423. The molecule has 18 heavy (non-hydrogen) atoms. The zero-order chi connectivity index (χ0) is 13.8. The van der Waals surface area contributed by atoms with Gasteiger partial charge in [0.2, 0.25) is 10.0 Å². The lowest BCUT2D eigenvalue weighted by Crippen LogP contribution is -2.37. The highest BCUT2D eigenvalue weighted by Gasteiger charge is 2.19. The summed E-state index contributed by atoms with van der Waals surface area (Å²) in [6, 6.07) is 5.80. The summed E-state index contributed by atoms with van der Waals surface area (Å²) in [6.45, 7) is 1.86. The van der Waals surface area contributed by atoms with Crippen LogP contribution in [-0.2, 0) is 10.0 Å². The number of hydrogen-bond donors (Lipinski definition) is 2. The predicted octanol–water partition coefficient (Wildman–Crippen LogP) is 2.07. The molecule has 1 aromatic rings. The van der Waals surface area contributed by atoms with E-state index in [0.717, 1.165) is 0 Å². The molecule has 3 N–H and O–H groups in total. The quantitative estimate of drug-likeness (QED) is 0.789. The standard InChI is InChI=1S/C11H15ClN2O2S2/c1-2-9(7-11(13)17)14-18(15,16)10-5-3-4-8(12)6-10/h3-6,9,14H,2,7H2,1H3,(H2,13,17). The van der Waals surface area contributed by atoms with Crippen LogP contribution in [0.15, 0.2) is 29.2 Å². The smallest absolute Gasteiger partial charge is 0.240 e. The Balaban J connectivity index is 2.90. The number of nitrogens with two attached hydrogens (primary N) is 1. The number of hydrogen-bond acceptors (Lipinski definition) is 3. The van der Waals surface area contributed by atoms with Crippen LogP contribution < -0.4 is 10.5 Å². The van der Waals surface area contributed by atoms with E-state index >= 15 is 0 Å². The monoisotopic (exact) mass is 306 g/mol. The first-order valence-electron chi connectivity index (χ1n) is 5.41. The van der Waals surface area contributed by atoms with Crippen molar-refractivity contribution < 1.29 is 8.42 Å². The van der Waals surface area contributed by atoms with E-state index in [1.807, 2.05) is 6.92 Å². The summed E-state index contributed by atoms with van der Waals surface area (Å²) in [6.07, 6.45) is 0.947. The zero-order valence-corrected chi connectivity index (χ0v) is 12.3. The Labute approximate surface area is 118 Å². The lowest BCUT2D eigenvalue weighted by molar-refractivity contribution is 0.546. The van der Waals surface area contributed by atoms with Crippen molar-refractivity contribution in [1.29, 1.82) is 0 Å². The third kappa shape index (κ3) is 4.53. The van der Waals surface area contributed by atoms with Gasteiger partial charge >= 0.3 is 0 Å². The van der Waals surface area contributed by atoms with E-state index in [9.17, 15) is 8.42 Å².